The molecule has 4 aromatic rings. The Kier molecular flexibility index (Phi) is 7.71. The number of nitrogens with one attached hydrogen (secondary N) is 1. The van der Waals surface area contributed by atoms with Crippen LogP contribution in [0.4, 0.5) is 23.2 Å². The molecule has 1 amide bonds. The summed E-state index contributed by atoms with van der Waals surface area (Å²) in [5, 5.41) is 12.3. The molecule has 1 saturated carbocycles. The first-order valence-corrected chi connectivity index (χ1v) is 14.6. The average Bonchev–Trinajstić information content (AvgIpc) is 3.70. The van der Waals surface area contributed by atoms with Gasteiger partial charge < -0.3 is 19.5 Å². The maximum Gasteiger partial charge on any atom is 0.573 e. The number of benzene rings is 3. The molecule has 0 bridgehead atoms. The number of amides is 1. The molecule has 1 heterocycles. The van der Waals surface area contributed by atoms with Crippen LogP contribution >= 0.6 is 0 Å². The van der Waals surface area contributed by atoms with E-state index in [1.54, 1.807) is 6.07 Å². The zero-order chi connectivity index (χ0) is 30.4. The summed E-state index contributed by atoms with van der Waals surface area (Å²) in [6, 6.07) is 12.1. The smallest absolute Gasteiger partial charge is 0.455 e. The molecule has 5 rings (SSSR count). The van der Waals surface area contributed by atoms with Gasteiger partial charge in [0.1, 0.15) is 22.9 Å². The number of anilines is 1. The number of nitrogens with zero attached hydrogens (tertiary/aromatic N) is 1. The van der Waals surface area contributed by atoms with Gasteiger partial charge in [0.05, 0.1) is 24.1 Å². The van der Waals surface area contributed by atoms with Crippen molar-refractivity contribution in [3.05, 3.63) is 77.1 Å². The number of carbonyl (C=O) groups is 1. The molecule has 1 aliphatic carbocycles. The molecule has 1 radical (unpaired) electrons. The Morgan fingerprint density at radius 2 is 1.83 bits per heavy atom. The number of sulfonamides is 1. The van der Waals surface area contributed by atoms with Crippen LogP contribution in [0.2, 0.25) is 0 Å². The van der Waals surface area contributed by atoms with Crippen LogP contribution in [-0.4, -0.2) is 46.5 Å². The molecule has 1 aliphatic rings. The second-order valence-corrected chi connectivity index (χ2v) is 11.8. The Balaban J connectivity index is 1.67. The Bertz CT molecular complexity index is 1770. The molecule has 0 aliphatic heterocycles. The number of rotatable bonds is 9. The lowest BCUT2D eigenvalue weighted by molar-refractivity contribution is -0.274. The van der Waals surface area contributed by atoms with Crippen LogP contribution in [0.15, 0.2) is 59.0 Å². The topological polar surface area (TPSA) is 109 Å². The number of ether oxygens (including phenoxy) is 1. The molecule has 0 unspecified atom stereocenters. The fraction of sp³-hybridized carbons (Fsp3) is 0.250. The SMILES string of the molecule is CNC(=O)c1c(-c2ccc(F)cc2)oc2cc(N(Cc3ccc([B]O)c(OC(F)(F)F)c3)S(C)(=O)=O)c(C3CC3)cc12. The van der Waals surface area contributed by atoms with Gasteiger partial charge in [-0.05, 0) is 71.7 Å². The van der Waals surface area contributed by atoms with E-state index >= 15 is 0 Å². The first-order valence-electron chi connectivity index (χ1n) is 12.7. The number of halogens is 4. The number of hydrogen-bond acceptors (Lipinski definition) is 6. The van der Waals surface area contributed by atoms with Crippen molar-refractivity contribution in [1.29, 1.82) is 0 Å². The Hall–Kier alpha value is -4.04. The molecule has 42 heavy (non-hydrogen) atoms. The van der Waals surface area contributed by atoms with Gasteiger partial charge in [0.25, 0.3) is 5.91 Å². The number of fused-ring (bicyclic) bond motifs is 1. The highest BCUT2D eigenvalue weighted by Crippen LogP contribution is 2.48. The monoisotopic (exact) mass is 603 g/mol. The molecule has 3 aromatic carbocycles. The van der Waals surface area contributed by atoms with Gasteiger partial charge in [-0.15, -0.1) is 13.2 Å². The van der Waals surface area contributed by atoms with Crippen molar-refractivity contribution in [2.75, 3.05) is 17.6 Å². The predicted octanol–water partition coefficient (Wildman–Crippen LogP) is 4.58. The van der Waals surface area contributed by atoms with E-state index < -0.39 is 33.9 Å². The molecule has 0 spiro atoms. The van der Waals surface area contributed by atoms with E-state index in [0.29, 0.717) is 24.0 Å². The molecular formula is C28H24BF4N2O6S. The van der Waals surface area contributed by atoms with E-state index in [2.05, 4.69) is 10.1 Å². The minimum atomic E-state index is -5.04. The number of furan rings is 1. The van der Waals surface area contributed by atoms with Gasteiger partial charge >= 0.3 is 13.8 Å². The third-order valence-electron chi connectivity index (χ3n) is 6.85. The van der Waals surface area contributed by atoms with Crippen LogP contribution in [0.1, 0.15) is 40.2 Å². The fourth-order valence-electron chi connectivity index (χ4n) is 4.78. The Morgan fingerprint density at radius 1 is 1.14 bits per heavy atom. The van der Waals surface area contributed by atoms with Gasteiger partial charge in [0, 0.05) is 24.1 Å². The summed E-state index contributed by atoms with van der Waals surface area (Å²) in [5.41, 5.74) is 1.59. The van der Waals surface area contributed by atoms with Crippen molar-refractivity contribution in [3.8, 4) is 17.1 Å². The lowest BCUT2D eigenvalue weighted by Crippen LogP contribution is -2.31. The van der Waals surface area contributed by atoms with E-state index in [1.165, 1.54) is 49.5 Å². The lowest BCUT2D eigenvalue weighted by Gasteiger charge is -2.26. The van der Waals surface area contributed by atoms with Crippen molar-refractivity contribution < 1.29 is 45.0 Å². The van der Waals surface area contributed by atoms with Crippen molar-refractivity contribution in [3.63, 3.8) is 0 Å². The minimum Gasteiger partial charge on any atom is -0.455 e. The van der Waals surface area contributed by atoms with Gasteiger partial charge in [0.2, 0.25) is 10.0 Å². The lowest BCUT2D eigenvalue weighted by atomic mass is 9.87. The van der Waals surface area contributed by atoms with E-state index in [9.17, 15) is 35.8 Å². The molecule has 1 fully saturated rings. The highest BCUT2D eigenvalue weighted by atomic mass is 32.2. The van der Waals surface area contributed by atoms with Crippen molar-refractivity contribution in [1.82, 2.24) is 5.32 Å². The summed E-state index contributed by atoms with van der Waals surface area (Å²) in [6.07, 6.45) is -2.54. The maximum atomic E-state index is 13.6. The second kappa shape index (κ2) is 11.0. The molecule has 14 heteroatoms. The average molecular weight is 603 g/mol. The van der Waals surface area contributed by atoms with E-state index in [0.717, 1.165) is 29.5 Å². The third kappa shape index (κ3) is 6.09. The molecule has 2 N–H and O–H groups in total. The number of alkyl halides is 3. The van der Waals surface area contributed by atoms with Crippen LogP contribution in [-0.2, 0) is 16.6 Å². The quantitative estimate of drug-likeness (QED) is 0.214. The fourth-order valence-corrected chi connectivity index (χ4v) is 5.68. The second-order valence-electron chi connectivity index (χ2n) is 9.89. The molecule has 1 aromatic heterocycles. The van der Waals surface area contributed by atoms with Crippen LogP contribution in [0.5, 0.6) is 5.75 Å². The van der Waals surface area contributed by atoms with Gasteiger partial charge in [-0.1, -0.05) is 12.1 Å². The third-order valence-corrected chi connectivity index (χ3v) is 7.98. The first kappa shape index (κ1) is 29.5. The van der Waals surface area contributed by atoms with Gasteiger partial charge in [0.15, 0.2) is 0 Å². The number of carbonyl (C=O) groups excluding carboxylic acids is 1. The summed E-state index contributed by atoms with van der Waals surface area (Å²) in [4.78, 5) is 13.0. The van der Waals surface area contributed by atoms with Crippen molar-refractivity contribution in [2.45, 2.75) is 31.7 Å². The van der Waals surface area contributed by atoms with Crippen molar-refractivity contribution >= 4 is 45.5 Å². The highest BCUT2D eigenvalue weighted by molar-refractivity contribution is 7.92. The maximum absolute atomic E-state index is 13.6. The molecule has 219 valence electrons. The highest BCUT2D eigenvalue weighted by Gasteiger charge is 2.34. The van der Waals surface area contributed by atoms with Crippen molar-refractivity contribution in [2.24, 2.45) is 0 Å². The normalized spacial score (nSPS) is 13.7. The summed E-state index contributed by atoms with van der Waals surface area (Å²) >= 11 is 0. The summed E-state index contributed by atoms with van der Waals surface area (Å²) in [7, 11) is -2.10. The predicted molar refractivity (Wildman–Crippen MR) is 149 cm³/mol. The van der Waals surface area contributed by atoms with Gasteiger partial charge in [-0.25, -0.2) is 12.8 Å². The first-order chi connectivity index (χ1) is 19.8. The standard InChI is InChI=1S/C28H24BF4N2O6S/c1-34-27(36)25-20-12-19(16-4-5-16)22(13-23(20)40-26(25)17-6-8-18(30)9-7-17)35(42(2,38)39)14-15-3-10-21(29-37)24(11-15)41-28(31,32)33/h3,6-13,16,37H,4-5,14H2,1-2H3,(H,34,36). The Morgan fingerprint density at radius 3 is 2.40 bits per heavy atom. The van der Waals surface area contributed by atoms with E-state index in [4.69, 9.17) is 4.42 Å². The van der Waals surface area contributed by atoms with Crippen LogP contribution in [0.3, 0.4) is 0 Å². The molecule has 0 saturated heterocycles. The van der Waals surface area contributed by atoms with Gasteiger partial charge in [-0.2, -0.15) is 0 Å². The zero-order valence-corrected chi connectivity index (χ0v) is 23.1. The molecular weight excluding hydrogens is 579 g/mol. The van der Waals surface area contributed by atoms with Crippen LogP contribution in [0.25, 0.3) is 22.3 Å². The zero-order valence-electron chi connectivity index (χ0n) is 22.3. The summed E-state index contributed by atoms with van der Waals surface area (Å²) in [5.74, 6) is -1.49. The Labute approximate surface area is 239 Å². The van der Waals surface area contributed by atoms with Crippen LogP contribution in [0, 0.1) is 5.82 Å². The summed E-state index contributed by atoms with van der Waals surface area (Å²) < 4.78 is 90.0. The van der Waals surface area contributed by atoms with Crippen LogP contribution < -0.4 is 19.8 Å². The molecule has 0 atom stereocenters. The minimum absolute atomic E-state index is 0.0224. The van der Waals surface area contributed by atoms with E-state index in [-0.39, 0.29) is 46.1 Å². The largest absolute Gasteiger partial charge is 0.573 e. The summed E-state index contributed by atoms with van der Waals surface area (Å²) in [6.45, 7) is -0.363. The molecule has 8 nitrogen and oxygen atoms in total. The van der Waals surface area contributed by atoms with Gasteiger partial charge in [-0.3, -0.25) is 9.10 Å². The van der Waals surface area contributed by atoms with E-state index in [1.807, 2.05) is 0 Å². The number of hydrogen-bond donors (Lipinski definition) is 2.